The van der Waals surface area contributed by atoms with Gasteiger partial charge in [-0.05, 0) is 25.0 Å². The Hall–Kier alpha value is -2.70. The SMILES string of the molecule is O=C1c2cccc(NCCCO)c2C(=O)c2c(NCCCO)cccc21. The van der Waals surface area contributed by atoms with Gasteiger partial charge in [-0.25, -0.2) is 0 Å². The van der Waals surface area contributed by atoms with Gasteiger partial charge >= 0.3 is 0 Å². The van der Waals surface area contributed by atoms with Gasteiger partial charge in [0, 0.05) is 48.8 Å². The summed E-state index contributed by atoms with van der Waals surface area (Å²) in [6.07, 6.45) is 1.10. The van der Waals surface area contributed by atoms with Crippen molar-refractivity contribution >= 4 is 22.9 Å². The summed E-state index contributed by atoms with van der Waals surface area (Å²) in [5, 5.41) is 24.2. The van der Waals surface area contributed by atoms with E-state index >= 15 is 0 Å². The third kappa shape index (κ3) is 3.34. The molecule has 1 aliphatic carbocycles. The fraction of sp³-hybridized carbons (Fsp3) is 0.300. The molecule has 26 heavy (non-hydrogen) atoms. The minimum Gasteiger partial charge on any atom is -0.396 e. The smallest absolute Gasteiger partial charge is 0.198 e. The van der Waals surface area contributed by atoms with Gasteiger partial charge in [0.1, 0.15) is 0 Å². The highest BCUT2D eigenvalue weighted by molar-refractivity contribution is 6.31. The lowest BCUT2D eigenvalue weighted by molar-refractivity contribution is 0.0980. The molecule has 0 unspecified atom stereocenters. The van der Waals surface area contributed by atoms with Crippen LogP contribution in [0.4, 0.5) is 11.4 Å². The Morgan fingerprint density at radius 3 is 1.58 bits per heavy atom. The molecule has 0 spiro atoms. The average Bonchev–Trinajstić information content (AvgIpc) is 2.66. The molecule has 0 atom stereocenters. The molecule has 4 N–H and O–H groups in total. The Morgan fingerprint density at radius 1 is 0.692 bits per heavy atom. The lowest BCUT2D eigenvalue weighted by Crippen LogP contribution is -2.24. The normalized spacial score (nSPS) is 12.5. The van der Waals surface area contributed by atoms with Crippen LogP contribution in [0.5, 0.6) is 0 Å². The van der Waals surface area contributed by atoms with Crippen LogP contribution in [0, 0.1) is 0 Å². The first-order valence-electron chi connectivity index (χ1n) is 8.74. The quantitative estimate of drug-likeness (QED) is 0.462. The molecule has 136 valence electrons. The summed E-state index contributed by atoms with van der Waals surface area (Å²) in [6, 6.07) is 10.4. The molecule has 0 saturated carbocycles. The van der Waals surface area contributed by atoms with Gasteiger partial charge in [0.2, 0.25) is 0 Å². The minimum atomic E-state index is -0.200. The Balaban J connectivity index is 2.02. The van der Waals surface area contributed by atoms with Gasteiger partial charge in [0.05, 0.1) is 11.1 Å². The standard InChI is InChI=1S/C20H22N2O4/c23-11-3-9-21-15-7-1-5-13-17(15)20(26)18-14(19(13)25)6-2-8-16(18)22-10-4-12-24/h1-2,5-8,21-24H,3-4,9-12H2. The molecule has 2 aromatic rings. The average molecular weight is 354 g/mol. The zero-order valence-corrected chi connectivity index (χ0v) is 14.4. The maximum Gasteiger partial charge on any atom is 0.198 e. The third-order valence-corrected chi connectivity index (χ3v) is 4.37. The number of anilines is 2. The van der Waals surface area contributed by atoms with Crippen LogP contribution in [0.2, 0.25) is 0 Å². The second-order valence-electron chi connectivity index (χ2n) is 6.12. The van der Waals surface area contributed by atoms with Crippen molar-refractivity contribution < 1.29 is 19.8 Å². The van der Waals surface area contributed by atoms with Crippen LogP contribution in [0.25, 0.3) is 0 Å². The molecule has 0 bridgehead atoms. The van der Waals surface area contributed by atoms with Gasteiger partial charge in [-0.3, -0.25) is 9.59 Å². The maximum atomic E-state index is 13.2. The highest BCUT2D eigenvalue weighted by atomic mass is 16.3. The number of ketones is 2. The predicted molar refractivity (Wildman–Crippen MR) is 100 cm³/mol. The molecule has 0 saturated heterocycles. The van der Waals surface area contributed by atoms with Gasteiger partial charge in [-0.1, -0.05) is 24.3 Å². The molecule has 6 nitrogen and oxygen atoms in total. The van der Waals surface area contributed by atoms with E-state index in [4.69, 9.17) is 10.2 Å². The molecule has 0 amide bonds. The molecule has 6 heteroatoms. The Morgan fingerprint density at radius 2 is 1.15 bits per heavy atom. The summed E-state index contributed by atoms with van der Waals surface area (Å²) in [6.45, 7) is 1.13. The summed E-state index contributed by atoms with van der Waals surface area (Å²) < 4.78 is 0. The van der Waals surface area contributed by atoms with Gasteiger partial charge in [-0.15, -0.1) is 0 Å². The molecule has 3 rings (SSSR count). The van der Waals surface area contributed by atoms with Crippen molar-refractivity contribution in [2.24, 2.45) is 0 Å². The van der Waals surface area contributed by atoms with Gasteiger partial charge in [0.15, 0.2) is 11.6 Å². The molecule has 0 aromatic heterocycles. The van der Waals surface area contributed by atoms with Crippen LogP contribution < -0.4 is 10.6 Å². The van der Waals surface area contributed by atoms with Crippen LogP contribution in [0.15, 0.2) is 36.4 Å². The zero-order chi connectivity index (χ0) is 18.5. The van der Waals surface area contributed by atoms with Crippen molar-refractivity contribution in [1.82, 2.24) is 0 Å². The topological polar surface area (TPSA) is 98.7 Å². The van der Waals surface area contributed by atoms with E-state index in [1.54, 1.807) is 36.4 Å². The Bertz CT molecular complexity index is 767. The number of carbonyl (C=O) groups excluding carboxylic acids is 2. The van der Waals surface area contributed by atoms with Crippen LogP contribution >= 0.6 is 0 Å². The van der Waals surface area contributed by atoms with Crippen molar-refractivity contribution in [3.05, 3.63) is 58.7 Å². The monoisotopic (exact) mass is 354 g/mol. The first kappa shape index (κ1) is 18.1. The molecule has 0 heterocycles. The fourth-order valence-electron chi connectivity index (χ4n) is 3.14. The van der Waals surface area contributed by atoms with Crippen molar-refractivity contribution in [2.45, 2.75) is 12.8 Å². The van der Waals surface area contributed by atoms with Crippen molar-refractivity contribution in [3.63, 3.8) is 0 Å². The van der Waals surface area contributed by atoms with E-state index in [2.05, 4.69) is 10.6 Å². The minimum absolute atomic E-state index is 0.0522. The van der Waals surface area contributed by atoms with E-state index < -0.39 is 0 Å². The summed E-state index contributed by atoms with van der Waals surface area (Å²) in [7, 11) is 0. The van der Waals surface area contributed by atoms with E-state index in [0.717, 1.165) is 0 Å². The summed E-state index contributed by atoms with van der Waals surface area (Å²) >= 11 is 0. The number of rotatable bonds is 8. The molecule has 1 aliphatic rings. The van der Waals surface area contributed by atoms with Gasteiger partial charge in [-0.2, -0.15) is 0 Å². The first-order chi connectivity index (χ1) is 12.7. The molecule has 0 radical (unpaired) electrons. The molecule has 0 fully saturated rings. The zero-order valence-electron chi connectivity index (χ0n) is 14.4. The second-order valence-corrected chi connectivity index (χ2v) is 6.12. The van der Waals surface area contributed by atoms with E-state index in [1.165, 1.54) is 0 Å². The molecular formula is C20H22N2O4. The molecule has 0 aliphatic heterocycles. The number of carbonyl (C=O) groups is 2. The van der Waals surface area contributed by atoms with E-state index in [9.17, 15) is 9.59 Å². The van der Waals surface area contributed by atoms with Crippen molar-refractivity contribution in [2.75, 3.05) is 36.9 Å². The number of fused-ring (bicyclic) bond motifs is 2. The van der Waals surface area contributed by atoms with Crippen LogP contribution in [0.1, 0.15) is 44.7 Å². The highest BCUT2D eigenvalue weighted by Gasteiger charge is 2.33. The number of benzene rings is 2. The highest BCUT2D eigenvalue weighted by Crippen LogP contribution is 2.35. The van der Waals surface area contributed by atoms with Gasteiger partial charge < -0.3 is 20.8 Å². The lowest BCUT2D eigenvalue weighted by atomic mass is 9.82. The van der Waals surface area contributed by atoms with Crippen molar-refractivity contribution in [1.29, 1.82) is 0 Å². The molecular weight excluding hydrogens is 332 g/mol. The van der Waals surface area contributed by atoms with Crippen LogP contribution in [-0.2, 0) is 0 Å². The molecule has 2 aromatic carbocycles. The summed E-state index contributed by atoms with van der Waals surface area (Å²) in [5.41, 5.74) is 2.74. The van der Waals surface area contributed by atoms with E-state index in [0.29, 0.717) is 59.6 Å². The number of nitrogens with one attached hydrogen (secondary N) is 2. The predicted octanol–water partition coefficient (Wildman–Crippen LogP) is 2.05. The lowest BCUT2D eigenvalue weighted by Gasteiger charge is -2.23. The van der Waals surface area contributed by atoms with E-state index in [1.807, 2.05) is 0 Å². The summed E-state index contributed by atoms with van der Waals surface area (Å²) in [5.74, 6) is -0.375. The summed E-state index contributed by atoms with van der Waals surface area (Å²) in [4.78, 5) is 26.2. The van der Waals surface area contributed by atoms with E-state index in [-0.39, 0.29) is 24.8 Å². The first-order valence-corrected chi connectivity index (χ1v) is 8.74. The van der Waals surface area contributed by atoms with Crippen LogP contribution in [0.3, 0.4) is 0 Å². The van der Waals surface area contributed by atoms with Crippen LogP contribution in [-0.4, -0.2) is 48.1 Å². The number of aliphatic hydroxyl groups excluding tert-OH is 2. The number of hydrogen-bond donors (Lipinski definition) is 4. The van der Waals surface area contributed by atoms with Gasteiger partial charge in [0.25, 0.3) is 0 Å². The number of aliphatic hydroxyl groups is 2. The fourth-order valence-corrected chi connectivity index (χ4v) is 3.14. The maximum absolute atomic E-state index is 13.2. The number of hydrogen-bond acceptors (Lipinski definition) is 6. The largest absolute Gasteiger partial charge is 0.396 e. The third-order valence-electron chi connectivity index (χ3n) is 4.37. The Kier molecular flexibility index (Phi) is 5.65. The van der Waals surface area contributed by atoms with Crippen molar-refractivity contribution in [3.8, 4) is 0 Å². The second kappa shape index (κ2) is 8.12. The Labute approximate surface area is 151 Å².